The molecule has 0 aliphatic rings. The first-order chi connectivity index (χ1) is 9.95. The molecule has 2 aromatic rings. The van der Waals surface area contributed by atoms with Crippen LogP contribution in [0, 0.1) is 10.1 Å². The quantitative estimate of drug-likeness (QED) is 0.364. The Morgan fingerprint density at radius 2 is 2.00 bits per heavy atom. The highest BCUT2D eigenvalue weighted by Crippen LogP contribution is 2.20. The Morgan fingerprint density at radius 1 is 1.33 bits per heavy atom. The van der Waals surface area contributed by atoms with E-state index in [-0.39, 0.29) is 17.2 Å². The second kappa shape index (κ2) is 5.90. The number of ether oxygens (including phenoxy) is 2. The summed E-state index contributed by atoms with van der Waals surface area (Å²) >= 11 is 0. The maximum atomic E-state index is 11.5. The summed E-state index contributed by atoms with van der Waals surface area (Å²) in [6.07, 6.45) is -0.922. The molecule has 1 heterocycles. The molecular formula is C12H9NO8. The third-order valence-corrected chi connectivity index (χ3v) is 2.39. The van der Waals surface area contributed by atoms with E-state index in [2.05, 4.69) is 8.83 Å². The molecule has 0 radical (unpaired) electrons. The summed E-state index contributed by atoms with van der Waals surface area (Å²) in [5.41, 5.74) is -0.135. The maximum Gasteiger partial charge on any atom is 0.518 e. The smallest absolute Gasteiger partial charge is 0.423 e. The summed E-state index contributed by atoms with van der Waals surface area (Å²) in [6.45, 7) is 1.45. The molecule has 0 aliphatic carbocycles. The van der Waals surface area contributed by atoms with E-state index < -0.39 is 23.0 Å². The first kappa shape index (κ1) is 14.3. The Bertz CT molecular complexity index is 699. The summed E-state index contributed by atoms with van der Waals surface area (Å²) in [4.78, 5) is 32.1. The van der Waals surface area contributed by atoms with Gasteiger partial charge in [0.15, 0.2) is 11.9 Å². The summed E-state index contributed by atoms with van der Waals surface area (Å²) in [5.74, 6) is -0.809. The molecule has 2 rings (SSSR count). The van der Waals surface area contributed by atoms with E-state index in [9.17, 15) is 19.7 Å². The van der Waals surface area contributed by atoms with Crippen LogP contribution < -0.4 is 10.6 Å². The van der Waals surface area contributed by atoms with Crippen molar-refractivity contribution in [3.8, 4) is 5.75 Å². The fraction of sp³-hybridized carbons (Fsp3) is 0.167. The molecule has 0 bridgehead atoms. The first-order valence-electron chi connectivity index (χ1n) is 5.67. The number of rotatable bonds is 4. The van der Waals surface area contributed by atoms with E-state index in [1.807, 2.05) is 0 Å². The number of carbonyl (C=O) groups excluding carboxylic acids is 1. The highest BCUT2D eigenvalue weighted by Gasteiger charge is 2.18. The van der Waals surface area contributed by atoms with Crippen LogP contribution >= 0.6 is 0 Å². The van der Waals surface area contributed by atoms with Gasteiger partial charge in [-0.1, -0.05) is 0 Å². The van der Waals surface area contributed by atoms with Crippen LogP contribution in [-0.2, 0) is 4.74 Å². The molecule has 1 aromatic carbocycles. The fourth-order valence-electron chi connectivity index (χ4n) is 1.39. The minimum absolute atomic E-state index is 0.0284. The predicted molar refractivity (Wildman–Crippen MR) is 65.9 cm³/mol. The Kier molecular flexibility index (Phi) is 4.02. The van der Waals surface area contributed by atoms with Crippen LogP contribution in [0.5, 0.6) is 5.75 Å². The summed E-state index contributed by atoms with van der Waals surface area (Å²) in [5, 5.41) is 10.5. The van der Waals surface area contributed by atoms with E-state index in [0.717, 1.165) is 6.26 Å². The number of non-ortho nitro benzene ring substituents is 1. The molecule has 110 valence electrons. The third-order valence-electron chi connectivity index (χ3n) is 2.39. The molecule has 0 saturated heterocycles. The monoisotopic (exact) mass is 295 g/mol. The molecule has 0 amide bonds. The lowest BCUT2D eigenvalue weighted by Crippen LogP contribution is -2.13. The van der Waals surface area contributed by atoms with E-state index >= 15 is 0 Å². The van der Waals surface area contributed by atoms with Crippen molar-refractivity contribution in [1.82, 2.24) is 0 Å². The molecule has 9 heteroatoms. The number of nitro groups is 1. The molecule has 9 nitrogen and oxygen atoms in total. The van der Waals surface area contributed by atoms with Gasteiger partial charge in [-0.2, -0.15) is 0 Å². The zero-order valence-corrected chi connectivity index (χ0v) is 10.7. The zero-order valence-electron chi connectivity index (χ0n) is 10.7. The van der Waals surface area contributed by atoms with Crippen LogP contribution in [0.3, 0.4) is 0 Å². The standard InChI is InChI=1S/C12H9NO8/c1-7(10-6-18-11(14)21-10)19-12(15)20-9-4-2-8(3-5-9)13(16)17/h2-7H,1H3. The van der Waals surface area contributed by atoms with Crippen molar-refractivity contribution in [1.29, 1.82) is 0 Å². The lowest BCUT2D eigenvalue weighted by atomic mass is 10.3. The molecule has 1 atom stereocenters. The lowest BCUT2D eigenvalue weighted by Gasteiger charge is -2.09. The Morgan fingerprint density at radius 3 is 2.52 bits per heavy atom. The average Bonchev–Trinajstić information content (AvgIpc) is 2.86. The van der Waals surface area contributed by atoms with Gasteiger partial charge in [0.25, 0.3) is 5.69 Å². The number of hydrogen-bond acceptors (Lipinski definition) is 8. The van der Waals surface area contributed by atoms with Gasteiger partial charge in [-0.15, -0.1) is 0 Å². The van der Waals surface area contributed by atoms with Crippen LogP contribution in [0.1, 0.15) is 18.8 Å². The molecule has 21 heavy (non-hydrogen) atoms. The minimum atomic E-state index is -1.06. The van der Waals surface area contributed by atoms with Gasteiger partial charge in [-0.25, -0.2) is 9.59 Å². The summed E-state index contributed by atoms with van der Waals surface area (Å²) in [7, 11) is 0. The number of nitrogens with zero attached hydrogens (tertiary/aromatic N) is 1. The second-order valence-electron chi connectivity index (χ2n) is 3.85. The van der Waals surface area contributed by atoms with E-state index in [4.69, 9.17) is 9.47 Å². The number of nitro benzene ring substituents is 1. The van der Waals surface area contributed by atoms with E-state index in [1.54, 1.807) is 0 Å². The SMILES string of the molecule is CC(OC(=O)Oc1ccc([N+](=O)[O-])cc1)c1coc(=O)o1. The molecule has 0 N–H and O–H groups in total. The average molecular weight is 295 g/mol. The van der Waals surface area contributed by atoms with Crippen molar-refractivity contribution in [2.45, 2.75) is 13.0 Å². The molecule has 0 saturated carbocycles. The van der Waals surface area contributed by atoms with Crippen LogP contribution in [0.4, 0.5) is 10.5 Å². The number of benzene rings is 1. The van der Waals surface area contributed by atoms with Crippen LogP contribution in [0.25, 0.3) is 0 Å². The predicted octanol–water partition coefficient (Wildman–Crippen LogP) is 2.42. The zero-order chi connectivity index (χ0) is 15.4. The van der Waals surface area contributed by atoms with Gasteiger partial charge in [0.05, 0.1) is 4.92 Å². The van der Waals surface area contributed by atoms with Gasteiger partial charge in [-0.05, 0) is 19.1 Å². The van der Waals surface area contributed by atoms with Crippen molar-refractivity contribution in [3.63, 3.8) is 0 Å². The van der Waals surface area contributed by atoms with Gasteiger partial charge in [0, 0.05) is 12.1 Å². The van der Waals surface area contributed by atoms with Gasteiger partial charge in [0.1, 0.15) is 12.0 Å². The summed E-state index contributed by atoms with van der Waals surface area (Å²) in [6, 6.07) is 4.87. The van der Waals surface area contributed by atoms with E-state index in [0.29, 0.717) is 0 Å². The highest BCUT2D eigenvalue weighted by atomic mass is 16.7. The fourth-order valence-corrected chi connectivity index (χ4v) is 1.39. The van der Waals surface area contributed by atoms with Crippen molar-refractivity contribution < 1.29 is 28.0 Å². The topological polar surface area (TPSA) is 122 Å². The van der Waals surface area contributed by atoms with Gasteiger partial charge in [0.2, 0.25) is 0 Å². The normalized spacial score (nSPS) is 11.7. The Labute approximate surface area is 116 Å². The number of carbonyl (C=O) groups is 1. The first-order valence-corrected chi connectivity index (χ1v) is 5.67. The number of hydrogen-bond donors (Lipinski definition) is 0. The van der Waals surface area contributed by atoms with Crippen molar-refractivity contribution >= 4 is 11.8 Å². The molecule has 0 aliphatic heterocycles. The Hall–Kier alpha value is -3.10. The van der Waals surface area contributed by atoms with Crippen LogP contribution in [0.2, 0.25) is 0 Å². The van der Waals surface area contributed by atoms with Crippen molar-refractivity contribution in [3.05, 3.63) is 57.0 Å². The van der Waals surface area contributed by atoms with Gasteiger partial charge < -0.3 is 18.3 Å². The van der Waals surface area contributed by atoms with Gasteiger partial charge in [-0.3, -0.25) is 10.1 Å². The molecule has 0 fully saturated rings. The molecule has 1 aromatic heterocycles. The van der Waals surface area contributed by atoms with E-state index in [1.165, 1.54) is 31.2 Å². The third kappa shape index (κ3) is 3.69. The highest BCUT2D eigenvalue weighted by molar-refractivity contribution is 5.64. The Balaban J connectivity index is 1.95. The molecule has 1 unspecified atom stereocenters. The van der Waals surface area contributed by atoms with Crippen LogP contribution in [0.15, 0.2) is 44.2 Å². The largest absolute Gasteiger partial charge is 0.518 e. The molecule has 0 spiro atoms. The second-order valence-corrected chi connectivity index (χ2v) is 3.85. The lowest BCUT2D eigenvalue weighted by molar-refractivity contribution is -0.384. The van der Waals surface area contributed by atoms with Crippen molar-refractivity contribution in [2.75, 3.05) is 0 Å². The van der Waals surface area contributed by atoms with Gasteiger partial charge >= 0.3 is 12.0 Å². The maximum absolute atomic E-state index is 11.5. The van der Waals surface area contributed by atoms with Crippen LogP contribution in [-0.4, -0.2) is 11.1 Å². The minimum Gasteiger partial charge on any atom is -0.423 e. The molecular weight excluding hydrogens is 286 g/mol. The summed E-state index contributed by atoms with van der Waals surface area (Å²) < 4.78 is 18.7. The van der Waals surface area contributed by atoms with Crippen molar-refractivity contribution in [2.24, 2.45) is 0 Å².